The Morgan fingerprint density at radius 1 is 1.26 bits per heavy atom. The molecule has 27 heavy (non-hydrogen) atoms. The summed E-state index contributed by atoms with van der Waals surface area (Å²) < 4.78 is 13.0. The van der Waals surface area contributed by atoms with Crippen LogP contribution in [0.2, 0.25) is 0 Å². The molecule has 0 aliphatic rings. The molecule has 3 rings (SSSR count). The van der Waals surface area contributed by atoms with Gasteiger partial charge in [-0.05, 0) is 49.1 Å². The summed E-state index contributed by atoms with van der Waals surface area (Å²) in [5.41, 5.74) is 2.18. The smallest absolute Gasteiger partial charge is 0.266 e. The molecule has 142 valence electrons. The second kappa shape index (κ2) is 8.12. The van der Waals surface area contributed by atoms with E-state index in [1.807, 2.05) is 25.1 Å². The Labute approximate surface area is 159 Å². The van der Waals surface area contributed by atoms with Crippen LogP contribution in [0.5, 0.6) is 5.75 Å². The molecule has 6 heteroatoms. The Kier molecular flexibility index (Phi) is 5.64. The summed E-state index contributed by atoms with van der Waals surface area (Å²) in [6.07, 6.45) is 2.61. The first-order valence-corrected chi connectivity index (χ1v) is 9.06. The third-order valence-electron chi connectivity index (χ3n) is 4.32. The Morgan fingerprint density at radius 2 is 2.07 bits per heavy atom. The molecular weight excluding hydrogens is 342 g/mol. The summed E-state index contributed by atoms with van der Waals surface area (Å²) >= 11 is 0. The molecule has 3 aromatic rings. The molecule has 1 amide bonds. The highest BCUT2D eigenvalue weighted by Crippen LogP contribution is 2.28. The summed E-state index contributed by atoms with van der Waals surface area (Å²) in [7, 11) is 0. The van der Waals surface area contributed by atoms with E-state index in [2.05, 4.69) is 36.4 Å². The number of rotatable bonds is 7. The second-order valence-electron chi connectivity index (χ2n) is 6.90. The molecule has 0 aliphatic carbocycles. The Morgan fingerprint density at radius 3 is 2.78 bits per heavy atom. The van der Waals surface area contributed by atoms with Gasteiger partial charge in [0.05, 0.1) is 12.5 Å². The van der Waals surface area contributed by atoms with Gasteiger partial charge in [0.25, 0.3) is 5.91 Å². The predicted molar refractivity (Wildman–Crippen MR) is 104 cm³/mol. The molecule has 2 aromatic heterocycles. The molecule has 1 unspecified atom stereocenters. The molecule has 1 atom stereocenters. The Balaban J connectivity index is 1.69. The fourth-order valence-electron chi connectivity index (χ4n) is 2.81. The zero-order valence-electron chi connectivity index (χ0n) is 16.1. The number of aromatic nitrogens is 2. The van der Waals surface area contributed by atoms with Crippen molar-refractivity contribution < 1.29 is 13.9 Å². The van der Waals surface area contributed by atoms with Gasteiger partial charge in [0.2, 0.25) is 0 Å². The van der Waals surface area contributed by atoms with Gasteiger partial charge in [-0.15, -0.1) is 0 Å². The zero-order chi connectivity index (χ0) is 19.4. The summed E-state index contributed by atoms with van der Waals surface area (Å²) in [5, 5.41) is 7.12. The number of furan rings is 1. The van der Waals surface area contributed by atoms with Crippen molar-refractivity contribution in [3.05, 3.63) is 65.7 Å². The van der Waals surface area contributed by atoms with Gasteiger partial charge in [-0.2, -0.15) is 5.10 Å². The number of anilines is 1. The maximum atomic E-state index is 12.6. The van der Waals surface area contributed by atoms with Gasteiger partial charge >= 0.3 is 0 Å². The van der Waals surface area contributed by atoms with Crippen molar-refractivity contribution in [1.82, 2.24) is 9.78 Å². The van der Waals surface area contributed by atoms with Gasteiger partial charge in [0, 0.05) is 6.07 Å². The topological polar surface area (TPSA) is 69.3 Å². The van der Waals surface area contributed by atoms with Crippen molar-refractivity contribution in [3.8, 4) is 5.75 Å². The third-order valence-corrected chi connectivity index (χ3v) is 4.32. The Bertz CT molecular complexity index is 897. The molecule has 0 bridgehead atoms. The van der Waals surface area contributed by atoms with Crippen molar-refractivity contribution in [2.24, 2.45) is 0 Å². The number of nitrogens with zero attached hydrogens (tertiary/aromatic N) is 2. The number of nitrogens with one attached hydrogen (secondary N) is 1. The van der Waals surface area contributed by atoms with Crippen molar-refractivity contribution >= 4 is 11.7 Å². The molecule has 0 fully saturated rings. The highest BCUT2D eigenvalue weighted by molar-refractivity contribution is 5.93. The van der Waals surface area contributed by atoms with Gasteiger partial charge in [-0.25, -0.2) is 4.68 Å². The van der Waals surface area contributed by atoms with Crippen LogP contribution in [0.3, 0.4) is 0 Å². The standard InChI is InChI=1S/C21H25N3O3/c1-14(2)18-8-7-15(3)12-19(18)27-16(4)21(25)23-20-9-10-22-24(20)13-17-6-5-11-26-17/h5-12,14,16H,13H2,1-4H3,(H,23,25). The predicted octanol–water partition coefficient (Wildman–Crippen LogP) is 4.36. The van der Waals surface area contributed by atoms with E-state index in [1.165, 1.54) is 0 Å². The summed E-state index contributed by atoms with van der Waals surface area (Å²) in [6.45, 7) is 8.41. The lowest BCUT2D eigenvalue weighted by molar-refractivity contribution is -0.122. The quantitative estimate of drug-likeness (QED) is 0.673. The molecule has 1 N–H and O–H groups in total. The highest BCUT2D eigenvalue weighted by atomic mass is 16.5. The average Bonchev–Trinajstić information content (AvgIpc) is 3.27. The van der Waals surface area contributed by atoms with Crippen molar-refractivity contribution in [2.75, 3.05) is 5.32 Å². The van der Waals surface area contributed by atoms with E-state index < -0.39 is 6.10 Å². The number of carbonyl (C=O) groups is 1. The first kappa shape index (κ1) is 18.8. The molecule has 0 saturated heterocycles. The normalized spacial score (nSPS) is 12.2. The number of ether oxygens (including phenoxy) is 1. The summed E-state index contributed by atoms with van der Waals surface area (Å²) in [5.74, 6) is 2.19. The van der Waals surface area contributed by atoms with Crippen molar-refractivity contribution in [2.45, 2.75) is 46.3 Å². The highest BCUT2D eigenvalue weighted by Gasteiger charge is 2.19. The average molecular weight is 367 g/mol. The molecule has 0 saturated carbocycles. The molecular formula is C21H25N3O3. The van der Waals surface area contributed by atoms with Crippen LogP contribution < -0.4 is 10.1 Å². The second-order valence-corrected chi connectivity index (χ2v) is 6.90. The first-order chi connectivity index (χ1) is 12.9. The van der Waals surface area contributed by atoms with E-state index in [0.29, 0.717) is 18.3 Å². The number of aryl methyl sites for hydroxylation is 1. The van der Waals surface area contributed by atoms with Crippen molar-refractivity contribution in [1.29, 1.82) is 0 Å². The largest absolute Gasteiger partial charge is 0.481 e. The monoisotopic (exact) mass is 367 g/mol. The lowest BCUT2D eigenvalue weighted by atomic mass is 10.0. The van der Waals surface area contributed by atoms with E-state index >= 15 is 0 Å². The molecule has 0 radical (unpaired) electrons. The van der Waals surface area contributed by atoms with Crippen LogP contribution >= 0.6 is 0 Å². The molecule has 1 aromatic carbocycles. The molecule has 2 heterocycles. The lowest BCUT2D eigenvalue weighted by Crippen LogP contribution is -2.31. The minimum Gasteiger partial charge on any atom is -0.481 e. The maximum absolute atomic E-state index is 12.6. The molecule has 0 aliphatic heterocycles. The van der Waals surface area contributed by atoms with E-state index in [-0.39, 0.29) is 5.91 Å². The number of benzene rings is 1. The minimum atomic E-state index is -0.642. The van der Waals surface area contributed by atoms with Crippen LogP contribution in [-0.2, 0) is 11.3 Å². The van der Waals surface area contributed by atoms with Gasteiger partial charge < -0.3 is 14.5 Å². The van der Waals surface area contributed by atoms with Gasteiger partial charge in [-0.3, -0.25) is 4.79 Å². The number of amides is 1. The van der Waals surface area contributed by atoms with E-state index in [1.54, 1.807) is 30.1 Å². The lowest BCUT2D eigenvalue weighted by Gasteiger charge is -2.19. The van der Waals surface area contributed by atoms with Crippen LogP contribution in [0, 0.1) is 6.92 Å². The van der Waals surface area contributed by atoms with E-state index in [4.69, 9.17) is 9.15 Å². The number of carbonyl (C=O) groups excluding carboxylic acids is 1. The van der Waals surface area contributed by atoms with Gasteiger partial charge in [-0.1, -0.05) is 26.0 Å². The molecule has 6 nitrogen and oxygen atoms in total. The van der Waals surface area contributed by atoms with Gasteiger partial charge in [0.1, 0.15) is 23.9 Å². The van der Waals surface area contributed by atoms with Crippen LogP contribution in [0.4, 0.5) is 5.82 Å². The van der Waals surface area contributed by atoms with E-state index in [9.17, 15) is 4.79 Å². The van der Waals surface area contributed by atoms with Crippen LogP contribution in [-0.4, -0.2) is 21.8 Å². The fraction of sp³-hybridized carbons (Fsp3) is 0.333. The van der Waals surface area contributed by atoms with Gasteiger partial charge in [0.15, 0.2) is 6.10 Å². The summed E-state index contributed by atoms with van der Waals surface area (Å²) in [6, 6.07) is 11.5. The van der Waals surface area contributed by atoms with E-state index in [0.717, 1.165) is 22.6 Å². The SMILES string of the molecule is Cc1ccc(C(C)C)c(OC(C)C(=O)Nc2ccnn2Cc2ccco2)c1. The van der Waals surface area contributed by atoms with Crippen LogP contribution in [0.1, 0.15) is 43.6 Å². The fourth-order valence-corrected chi connectivity index (χ4v) is 2.81. The molecule has 0 spiro atoms. The number of hydrogen-bond donors (Lipinski definition) is 1. The van der Waals surface area contributed by atoms with Crippen LogP contribution in [0.25, 0.3) is 0 Å². The zero-order valence-corrected chi connectivity index (χ0v) is 16.1. The Hall–Kier alpha value is -3.02. The van der Waals surface area contributed by atoms with Crippen molar-refractivity contribution in [3.63, 3.8) is 0 Å². The maximum Gasteiger partial charge on any atom is 0.266 e. The minimum absolute atomic E-state index is 0.229. The van der Waals surface area contributed by atoms with Crippen LogP contribution in [0.15, 0.2) is 53.3 Å². The third kappa shape index (κ3) is 4.58. The number of hydrogen-bond acceptors (Lipinski definition) is 4. The first-order valence-electron chi connectivity index (χ1n) is 9.06. The summed E-state index contributed by atoms with van der Waals surface area (Å²) in [4.78, 5) is 12.6.